The molecule has 0 spiro atoms. The molecule has 1 aromatic heterocycles. The van der Waals surface area contributed by atoms with Gasteiger partial charge in [-0.3, -0.25) is 4.79 Å². The largest absolute Gasteiger partial charge is 0.405 e. The first kappa shape index (κ1) is 14.4. The fourth-order valence-electron chi connectivity index (χ4n) is 1.14. The smallest absolute Gasteiger partial charge is 0.346 e. The molecule has 0 aliphatic carbocycles. The van der Waals surface area contributed by atoms with Crippen molar-refractivity contribution < 1.29 is 22.5 Å². The lowest BCUT2D eigenvalue weighted by molar-refractivity contribution is -0.139. The van der Waals surface area contributed by atoms with E-state index < -0.39 is 24.7 Å². The fourth-order valence-corrected chi connectivity index (χ4v) is 1.14. The van der Waals surface area contributed by atoms with Gasteiger partial charge in [0.1, 0.15) is 6.54 Å². The average Bonchev–Trinajstić information content (AvgIpc) is 2.77. The van der Waals surface area contributed by atoms with E-state index in [4.69, 9.17) is 0 Å². The number of aromatic nitrogens is 2. The van der Waals surface area contributed by atoms with Crippen LogP contribution in [0.2, 0.25) is 0 Å². The Balaban J connectivity index is 2.19. The zero-order valence-corrected chi connectivity index (χ0v) is 9.62. The van der Waals surface area contributed by atoms with E-state index in [9.17, 15) is 18.0 Å². The van der Waals surface area contributed by atoms with Gasteiger partial charge in [-0.2, -0.15) is 18.2 Å². The van der Waals surface area contributed by atoms with Crippen molar-refractivity contribution in [3.63, 3.8) is 0 Å². The Morgan fingerprint density at radius 2 is 2.28 bits per heavy atom. The predicted octanol–water partition coefficient (Wildman–Crippen LogP) is 0.269. The van der Waals surface area contributed by atoms with Crippen molar-refractivity contribution in [2.45, 2.75) is 25.6 Å². The molecule has 1 amide bonds. The number of rotatable bonds is 6. The van der Waals surface area contributed by atoms with Gasteiger partial charge in [0.2, 0.25) is 12.3 Å². The molecule has 1 aromatic rings. The molecule has 1 unspecified atom stereocenters. The van der Waals surface area contributed by atoms with E-state index in [0.717, 1.165) is 0 Å². The number of nitrogens with one attached hydrogen (secondary N) is 2. The Bertz CT molecular complexity index is 366. The SMILES string of the molecule is CC(NCCc1ncon1)C(=O)NCC(F)(F)F. The monoisotopic (exact) mass is 266 g/mol. The zero-order valence-electron chi connectivity index (χ0n) is 9.62. The normalized spacial score (nSPS) is 13.3. The molecule has 18 heavy (non-hydrogen) atoms. The molecule has 102 valence electrons. The van der Waals surface area contributed by atoms with E-state index in [2.05, 4.69) is 20.0 Å². The first-order valence-electron chi connectivity index (χ1n) is 5.21. The van der Waals surface area contributed by atoms with Crippen LogP contribution >= 0.6 is 0 Å². The Morgan fingerprint density at radius 3 is 2.83 bits per heavy atom. The molecule has 0 radical (unpaired) electrons. The van der Waals surface area contributed by atoms with E-state index in [1.165, 1.54) is 13.3 Å². The van der Waals surface area contributed by atoms with Crippen LogP contribution in [0, 0.1) is 0 Å². The van der Waals surface area contributed by atoms with Gasteiger partial charge in [-0.05, 0) is 6.92 Å². The van der Waals surface area contributed by atoms with E-state index in [-0.39, 0.29) is 0 Å². The second kappa shape index (κ2) is 6.34. The Hall–Kier alpha value is -1.64. The molecule has 1 atom stereocenters. The third-order valence-electron chi connectivity index (χ3n) is 2.06. The van der Waals surface area contributed by atoms with E-state index in [1.54, 1.807) is 5.32 Å². The molecule has 0 aliphatic rings. The number of hydrogen-bond donors (Lipinski definition) is 2. The Labute approximate surface area is 101 Å². The highest BCUT2D eigenvalue weighted by Crippen LogP contribution is 2.12. The molecule has 0 saturated carbocycles. The minimum Gasteiger partial charge on any atom is -0.346 e. The minimum absolute atomic E-state index is 0.361. The lowest BCUT2D eigenvalue weighted by atomic mass is 10.3. The molecule has 0 saturated heterocycles. The van der Waals surface area contributed by atoms with Crippen molar-refractivity contribution in [3.8, 4) is 0 Å². The standard InChI is InChI=1S/C9H13F3N4O2/c1-6(8(17)14-4-9(10,11)12)13-3-2-7-15-5-18-16-7/h5-6,13H,2-4H2,1H3,(H,14,17). The van der Waals surface area contributed by atoms with Crippen molar-refractivity contribution in [2.24, 2.45) is 0 Å². The molecule has 1 rings (SSSR count). The predicted molar refractivity (Wildman–Crippen MR) is 54.5 cm³/mol. The van der Waals surface area contributed by atoms with Crippen LogP contribution < -0.4 is 10.6 Å². The lowest BCUT2D eigenvalue weighted by Crippen LogP contribution is -2.45. The van der Waals surface area contributed by atoms with Gasteiger partial charge < -0.3 is 15.2 Å². The summed E-state index contributed by atoms with van der Waals surface area (Å²) in [6, 6.07) is -0.723. The topological polar surface area (TPSA) is 80.1 Å². The molecule has 1 heterocycles. The second-order valence-corrected chi connectivity index (χ2v) is 3.61. The van der Waals surface area contributed by atoms with Gasteiger partial charge in [-0.1, -0.05) is 5.16 Å². The van der Waals surface area contributed by atoms with Gasteiger partial charge in [0.15, 0.2) is 5.82 Å². The van der Waals surface area contributed by atoms with Crippen LogP contribution in [0.5, 0.6) is 0 Å². The van der Waals surface area contributed by atoms with Crippen LogP contribution in [0.15, 0.2) is 10.9 Å². The van der Waals surface area contributed by atoms with Crippen LogP contribution in [-0.2, 0) is 11.2 Å². The lowest BCUT2D eigenvalue weighted by Gasteiger charge is -2.14. The molecule has 6 nitrogen and oxygen atoms in total. The third kappa shape index (κ3) is 5.62. The Morgan fingerprint density at radius 1 is 1.56 bits per heavy atom. The van der Waals surface area contributed by atoms with Gasteiger partial charge in [0.05, 0.1) is 6.04 Å². The summed E-state index contributed by atoms with van der Waals surface area (Å²) in [5.74, 6) is -0.245. The molecular weight excluding hydrogens is 253 g/mol. The van der Waals surface area contributed by atoms with Gasteiger partial charge in [0, 0.05) is 13.0 Å². The van der Waals surface area contributed by atoms with Crippen molar-refractivity contribution in [1.82, 2.24) is 20.8 Å². The van der Waals surface area contributed by atoms with E-state index in [0.29, 0.717) is 18.8 Å². The van der Waals surface area contributed by atoms with Gasteiger partial charge in [-0.25, -0.2) is 0 Å². The summed E-state index contributed by atoms with van der Waals surface area (Å²) in [6.07, 6.45) is -2.80. The highest BCUT2D eigenvalue weighted by atomic mass is 19.4. The van der Waals surface area contributed by atoms with Gasteiger partial charge in [-0.15, -0.1) is 0 Å². The molecular formula is C9H13F3N4O2. The van der Waals surface area contributed by atoms with Gasteiger partial charge in [0.25, 0.3) is 0 Å². The van der Waals surface area contributed by atoms with Gasteiger partial charge >= 0.3 is 6.18 Å². The maximum Gasteiger partial charge on any atom is 0.405 e. The maximum atomic E-state index is 11.9. The van der Waals surface area contributed by atoms with Crippen molar-refractivity contribution in [3.05, 3.63) is 12.2 Å². The second-order valence-electron chi connectivity index (χ2n) is 3.61. The quantitative estimate of drug-likeness (QED) is 0.772. The van der Waals surface area contributed by atoms with Crippen LogP contribution in [-0.4, -0.2) is 41.4 Å². The summed E-state index contributed by atoms with van der Waals surface area (Å²) in [7, 11) is 0. The van der Waals surface area contributed by atoms with E-state index >= 15 is 0 Å². The molecule has 2 N–H and O–H groups in total. The molecule has 0 aliphatic heterocycles. The minimum atomic E-state index is -4.40. The maximum absolute atomic E-state index is 11.9. The summed E-state index contributed by atoms with van der Waals surface area (Å²) < 4.78 is 40.1. The number of nitrogens with zero attached hydrogens (tertiary/aromatic N) is 2. The molecule has 0 bridgehead atoms. The molecule has 9 heteroatoms. The number of alkyl halides is 3. The van der Waals surface area contributed by atoms with Crippen LogP contribution in [0.4, 0.5) is 13.2 Å². The van der Waals surface area contributed by atoms with Crippen molar-refractivity contribution >= 4 is 5.91 Å². The number of halogens is 3. The average molecular weight is 266 g/mol. The summed E-state index contributed by atoms with van der Waals surface area (Å²) in [4.78, 5) is 15.0. The number of carbonyl (C=O) groups excluding carboxylic acids is 1. The first-order valence-corrected chi connectivity index (χ1v) is 5.21. The van der Waals surface area contributed by atoms with Crippen LogP contribution in [0.1, 0.15) is 12.7 Å². The number of carbonyl (C=O) groups is 1. The van der Waals surface area contributed by atoms with Crippen molar-refractivity contribution in [1.29, 1.82) is 0 Å². The summed E-state index contributed by atoms with van der Waals surface area (Å²) in [6.45, 7) is 0.505. The zero-order chi connectivity index (χ0) is 13.6. The summed E-state index contributed by atoms with van der Waals surface area (Å²) in [5, 5.41) is 8.10. The Kier molecular flexibility index (Phi) is 5.08. The molecule has 0 aromatic carbocycles. The third-order valence-corrected chi connectivity index (χ3v) is 2.06. The molecule has 0 fully saturated rings. The van der Waals surface area contributed by atoms with Crippen molar-refractivity contribution in [2.75, 3.05) is 13.1 Å². The fraction of sp³-hybridized carbons (Fsp3) is 0.667. The first-order chi connectivity index (χ1) is 8.38. The van der Waals surface area contributed by atoms with Crippen LogP contribution in [0.3, 0.4) is 0 Å². The number of amides is 1. The summed E-state index contributed by atoms with van der Waals surface area (Å²) >= 11 is 0. The van der Waals surface area contributed by atoms with Crippen LogP contribution in [0.25, 0.3) is 0 Å². The van der Waals surface area contributed by atoms with E-state index in [1.807, 2.05) is 0 Å². The highest BCUT2D eigenvalue weighted by molar-refractivity contribution is 5.81. The summed E-state index contributed by atoms with van der Waals surface area (Å²) in [5.41, 5.74) is 0. The number of hydrogen-bond acceptors (Lipinski definition) is 5. The highest BCUT2D eigenvalue weighted by Gasteiger charge is 2.28.